The lowest BCUT2D eigenvalue weighted by molar-refractivity contribution is -0.384. The first-order valence-corrected chi connectivity index (χ1v) is 7.86. The zero-order chi connectivity index (χ0) is 16.1. The van der Waals surface area contributed by atoms with Gasteiger partial charge in [0.25, 0.3) is 5.69 Å². The average molecular weight is 322 g/mol. The lowest BCUT2D eigenvalue weighted by atomic mass is 9.90. The number of nitrogens with one attached hydrogen (secondary N) is 2. The third kappa shape index (κ3) is 4.38. The lowest BCUT2D eigenvalue weighted by Gasteiger charge is -2.37. The highest BCUT2D eigenvalue weighted by atomic mass is 32.1. The molecule has 0 radical (unpaired) electrons. The van der Waals surface area contributed by atoms with Crippen LogP contribution in [0.4, 0.5) is 11.4 Å². The van der Waals surface area contributed by atoms with Crippen molar-refractivity contribution in [3.8, 4) is 0 Å². The van der Waals surface area contributed by atoms with Gasteiger partial charge in [0.15, 0.2) is 5.11 Å². The first-order valence-electron chi connectivity index (χ1n) is 7.46. The van der Waals surface area contributed by atoms with E-state index in [9.17, 15) is 10.1 Å². The third-order valence-electron chi connectivity index (χ3n) is 4.05. The van der Waals surface area contributed by atoms with Crippen LogP contribution in [0, 0.1) is 10.1 Å². The highest BCUT2D eigenvalue weighted by Gasteiger charge is 2.27. The summed E-state index contributed by atoms with van der Waals surface area (Å²) >= 11 is 5.37. The molecule has 0 heterocycles. The molecule has 0 spiro atoms. The Kier molecular flexibility index (Phi) is 5.68. The number of hydrogen-bond acceptors (Lipinski definition) is 4. The second kappa shape index (κ2) is 7.51. The molecule has 0 unspecified atom stereocenters. The summed E-state index contributed by atoms with van der Waals surface area (Å²) in [5.41, 5.74) is 0.824. The van der Waals surface area contributed by atoms with Crippen LogP contribution in [0.2, 0.25) is 0 Å². The minimum atomic E-state index is -0.413. The summed E-state index contributed by atoms with van der Waals surface area (Å²) in [7, 11) is 4.19. The summed E-state index contributed by atoms with van der Waals surface area (Å²) < 4.78 is 0. The van der Waals surface area contributed by atoms with Crippen LogP contribution in [0.1, 0.15) is 25.7 Å². The molecule has 1 saturated carbocycles. The molecule has 1 aliphatic carbocycles. The highest BCUT2D eigenvalue weighted by Crippen LogP contribution is 2.22. The van der Waals surface area contributed by atoms with E-state index in [1.165, 1.54) is 31.4 Å². The summed E-state index contributed by atoms with van der Waals surface area (Å²) in [5, 5.41) is 17.7. The molecule has 2 rings (SSSR count). The van der Waals surface area contributed by atoms with Crippen LogP contribution < -0.4 is 10.6 Å². The Morgan fingerprint density at radius 3 is 2.50 bits per heavy atom. The molecule has 1 aromatic rings. The van der Waals surface area contributed by atoms with Crippen molar-refractivity contribution in [2.24, 2.45) is 0 Å². The Morgan fingerprint density at radius 1 is 1.27 bits per heavy atom. The molecule has 2 atom stereocenters. The topological polar surface area (TPSA) is 70.4 Å². The van der Waals surface area contributed by atoms with Crippen LogP contribution in [-0.4, -0.2) is 41.1 Å². The summed E-state index contributed by atoms with van der Waals surface area (Å²) in [6.45, 7) is 0. The predicted molar refractivity (Wildman–Crippen MR) is 92.2 cm³/mol. The van der Waals surface area contributed by atoms with Gasteiger partial charge in [-0.05, 0) is 51.3 Å². The number of hydrogen-bond donors (Lipinski definition) is 2. The monoisotopic (exact) mass is 322 g/mol. The Morgan fingerprint density at radius 2 is 1.91 bits per heavy atom. The van der Waals surface area contributed by atoms with Crippen LogP contribution in [0.25, 0.3) is 0 Å². The van der Waals surface area contributed by atoms with Crippen molar-refractivity contribution < 1.29 is 4.92 Å². The van der Waals surface area contributed by atoms with E-state index >= 15 is 0 Å². The number of thiocarbonyl (C=S) groups is 1. The number of anilines is 1. The molecule has 1 aromatic carbocycles. The van der Waals surface area contributed by atoms with Gasteiger partial charge in [-0.15, -0.1) is 0 Å². The summed E-state index contributed by atoms with van der Waals surface area (Å²) in [5.74, 6) is 0. The fourth-order valence-electron chi connectivity index (χ4n) is 2.90. The van der Waals surface area contributed by atoms with Crippen LogP contribution in [-0.2, 0) is 0 Å². The SMILES string of the molecule is CN(C)[C@@H]1CCCC[C@H]1NC(=S)Nc1ccc([N+](=O)[O-])cc1. The van der Waals surface area contributed by atoms with Crippen LogP contribution in [0.15, 0.2) is 24.3 Å². The second-order valence-corrected chi connectivity index (χ2v) is 6.23. The first kappa shape index (κ1) is 16.6. The zero-order valence-electron chi connectivity index (χ0n) is 12.9. The molecule has 6 nitrogen and oxygen atoms in total. The van der Waals surface area contributed by atoms with Gasteiger partial charge in [0.1, 0.15) is 0 Å². The number of likely N-dealkylation sites (N-methyl/N-ethyl adjacent to an activating group) is 1. The molecule has 0 aliphatic heterocycles. The Balaban J connectivity index is 1.92. The molecule has 0 aromatic heterocycles. The van der Waals surface area contributed by atoms with Crippen LogP contribution in [0.3, 0.4) is 0 Å². The van der Waals surface area contributed by atoms with Crippen molar-refractivity contribution in [2.45, 2.75) is 37.8 Å². The molecule has 2 N–H and O–H groups in total. The molecule has 0 saturated heterocycles. The van der Waals surface area contributed by atoms with Crippen LogP contribution in [0.5, 0.6) is 0 Å². The Hall–Kier alpha value is -1.73. The molecule has 120 valence electrons. The van der Waals surface area contributed by atoms with E-state index in [1.807, 2.05) is 0 Å². The zero-order valence-corrected chi connectivity index (χ0v) is 13.7. The molecule has 1 fully saturated rings. The average Bonchev–Trinajstić information content (AvgIpc) is 2.48. The largest absolute Gasteiger partial charge is 0.358 e. The fraction of sp³-hybridized carbons (Fsp3) is 0.533. The maximum Gasteiger partial charge on any atom is 0.269 e. The number of nitro benzene ring substituents is 1. The van der Waals surface area contributed by atoms with E-state index in [4.69, 9.17) is 12.2 Å². The van der Waals surface area contributed by atoms with Gasteiger partial charge in [0, 0.05) is 29.9 Å². The van der Waals surface area contributed by atoms with E-state index in [0.717, 1.165) is 12.1 Å². The first-order chi connectivity index (χ1) is 10.5. The molecule has 0 bridgehead atoms. The number of non-ortho nitro benzene ring substituents is 1. The van der Waals surface area contributed by atoms with Gasteiger partial charge in [-0.2, -0.15) is 0 Å². The molecule has 22 heavy (non-hydrogen) atoms. The van der Waals surface area contributed by atoms with Gasteiger partial charge >= 0.3 is 0 Å². The van der Waals surface area contributed by atoms with Gasteiger partial charge < -0.3 is 15.5 Å². The predicted octanol–water partition coefficient (Wildman–Crippen LogP) is 2.75. The van der Waals surface area contributed by atoms with Crippen molar-refractivity contribution >= 4 is 28.7 Å². The molecule has 0 amide bonds. The van der Waals surface area contributed by atoms with Gasteiger partial charge in [0.05, 0.1) is 4.92 Å². The van der Waals surface area contributed by atoms with Gasteiger partial charge in [-0.25, -0.2) is 0 Å². The molecule has 7 heteroatoms. The standard InChI is InChI=1S/C15H22N4O2S/c1-18(2)14-6-4-3-5-13(14)17-15(22)16-11-7-9-12(10-8-11)19(20)21/h7-10,13-14H,3-6H2,1-2H3,(H2,16,17,22)/t13-,14-/m1/s1. The van der Waals surface area contributed by atoms with Crippen LogP contribution >= 0.6 is 12.2 Å². The van der Waals surface area contributed by atoms with Gasteiger partial charge in [-0.3, -0.25) is 10.1 Å². The van der Waals surface area contributed by atoms with Gasteiger partial charge in [-0.1, -0.05) is 12.8 Å². The number of rotatable bonds is 4. The number of benzene rings is 1. The third-order valence-corrected chi connectivity index (χ3v) is 4.27. The van der Waals surface area contributed by atoms with E-state index in [-0.39, 0.29) is 5.69 Å². The summed E-state index contributed by atoms with van der Waals surface area (Å²) in [6, 6.07) is 7.07. The fourth-order valence-corrected chi connectivity index (χ4v) is 3.17. The van der Waals surface area contributed by atoms with Crippen molar-refractivity contribution in [3.05, 3.63) is 34.4 Å². The minimum absolute atomic E-state index is 0.0735. The number of nitrogens with zero attached hydrogens (tertiary/aromatic N) is 2. The van der Waals surface area contributed by atoms with Crippen molar-refractivity contribution in [2.75, 3.05) is 19.4 Å². The van der Waals surface area contributed by atoms with Crippen molar-refractivity contribution in [1.82, 2.24) is 10.2 Å². The van der Waals surface area contributed by atoms with E-state index in [2.05, 4.69) is 29.6 Å². The summed E-state index contributed by atoms with van der Waals surface area (Å²) in [6.07, 6.45) is 4.74. The van der Waals surface area contributed by atoms with E-state index in [0.29, 0.717) is 17.2 Å². The maximum atomic E-state index is 10.6. The van der Waals surface area contributed by atoms with E-state index in [1.54, 1.807) is 12.1 Å². The van der Waals surface area contributed by atoms with Gasteiger partial charge in [0.2, 0.25) is 0 Å². The molecular formula is C15H22N4O2S. The normalized spacial score (nSPS) is 21.4. The number of nitro groups is 1. The van der Waals surface area contributed by atoms with Crippen molar-refractivity contribution in [1.29, 1.82) is 0 Å². The quantitative estimate of drug-likeness (QED) is 0.505. The smallest absolute Gasteiger partial charge is 0.269 e. The highest BCUT2D eigenvalue weighted by molar-refractivity contribution is 7.80. The van der Waals surface area contributed by atoms with E-state index < -0.39 is 4.92 Å². The Bertz CT molecular complexity index is 533. The lowest BCUT2D eigenvalue weighted by Crippen LogP contribution is -2.52. The van der Waals surface area contributed by atoms with Crippen molar-refractivity contribution in [3.63, 3.8) is 0 Å². The minimum Gasteiger partial charge on any atom is -0.358 e. The maximum absolute atomic E-state index is 10.6. The Labute approximate surface area is 136 Å². The summed E-state index contributed by atoms with van der Waals surface area (Å²) in [4.78, 5) is 12.5. The molecule has 1 aliphatic rings. The second-order valence-electron chi connectivity index (χ2n) is 5.82. The molecular weight excluding hydrogens is 300 g/mol.